The Balaban J connectivity index is 1.49. The molecule has 0 spiro atoms. The molecule has 0 atom stereocenters. The molecule has 0 aliphatic carbocycles. The van der Waals surface area contributed by atoms with Gasteiger partial charge in [0.25, 0.3) is 0 Å². The number of amides is 1. The van der Waals surface area contributed by atoms with Gasteiger partial charge in [0.2, 0.25) is 5.91 Å². The second kappa shape index (κ2) is 8.34. The number of nitrogens with one attached hydrogen (secondary N) is 1. The molecule has 2 heterocycles. The molecular formula is C18H26ClFN4O. The van der Waals surface area contributed by atoms with Crippen molar-refractivity contribution in [2.75, 3.05) is 57.8 Å². The van der Waals surface area contributed by atoms with Crippen LogP contribution in [0.3, 0.4) is 0 Å². The predicted molar refractivity (Wildman–Crippen MR) is 98.7 cm³/mol. The second-order valence-electron chi connectivity index (χ2n) is 6.86. The summed E-state index contributed by atoms with van der Waals surface area (Å²) < 4.78 is 13.3. The van der Waals surface area contributed by atoms with Gasteiger partial charge in [0.1, 0.15) is 5.82 Å². The molecule has 1 aromatic carbocycles. The summed E-state index contributed by atoms with van der Waals surface area (Å²) in [7, 11) is 2.05. The molecule has 25 heavy (non-hydrogen) atoms. The molecule has 0 aromatic heterocycles. The van der Waals surface area contributed by atoms with Crippen molar-refractivity contribution >= 4 is 23.2 Å². The fraction of sp³-hybridized carbons (Fsp3) is 0.611. The standard InChI is InChI=1S/C18H26ClFN4O/c1-22(14-4-6-21-7-5-14)13-18(25)24-10-8-23(9-11-24)15-2-3-17(20)16(19)12-15/h2-3,12,14,21H,4-11,13H2,1H3. The zero-order chi connectivity index (χ0) is 17.8. The Morgan fingerprint density at radius 1 is 1.28 bits per heavy atom. The normalized spacial score (nSPS) is 19.5. The SMILES string of the molecule is CN(CC(=O)N1CCN(c2ccc(F)c(Cl)c2)CC1)C1CCNCC1. The molecule has 0 radical (unpaired) electrons. The van der Waals surface area contributed by atoms with Crippen LogP contribution in [0.5, 0.6) is 0 Å². The van der Waals surface area contributed by atoms with Gasteiger partial charge in [-0.2, -0.15) is 0 Å². The number of nitrogens with zero attached hydrogens (tertiary/aromatic N) is 3. The lowest BCUT2D eigenvalue weighted by Crippen LogP contribution is -2.52. The summed E-state index contributed by atoms with van der Waals surface area (Å²) >= 11 is 5.87. The van der Waals surface area contributed by atoms with Crippen LogP contribution in [0.1, 0.15) is 12.8 Å². The minimum absolute atomic E-state index is 0.139. The average molecular weight is 369 g/mol. The first-order valence-electron chi connectivity index (χ1n) is 8.93. The van der Waals surface area contributed by atoms with E-state index in [4.69, 9.17) is 11.6 Å². The Hall–Kier alpha value is -1.37. The molecule has 2 saturated heterocycles. The number of hydrogen-bond acceptors (Lipinski definition) is 4. The molecule has 2 aliphatic heterocycles. The molecule has 0 bridgehead atoms. The highest BCUT2D eigenvalue weighted by molar-refractivity contribution is 6.31. The Bertz CT molecular complexity index is 601. The summed E-state index contributed by atoms with van der Waals surface area (Å²) in [6, 6.07) is 5.28. The molecule has 0 unspecified atom stereocenters. The van der Waals surface area contributed by atoms with Gasteiger partial charge < -0.3 is 15.1 Å². The largest absolute Gasteiger partial charge is 0.368 e. The maximum absolute atomic E-state index is 13.3. The van der Waals surface area contributed by atoms with Gasteiger partial charge in [-0.15, -0.1) is 0 Å². The lowest BCUT2D eigenvalue weighted by atomic mass is 10.1. The fourth-order valence-corrected chi connectivity index (χ4v) is 3.76. The fourth-order valence-electron chi connectivity index (χ4n) is 3.59. The summed E-state index contributed by atoms with van der Waals surface area (Å²) in [6.07, 6.45) is 2.20. The molecule has 1 aromatic rings. The van der Waals surface area contributed by atoms with Gasteiger partial charge in [-0.3, -0.25) is 9.69 Å². The summed E-state index contributed by atoms with van der Waals surface area (Å²) in [5.74, 6) is -0.210. The van der Waals surface area contributed by atoms with E-state index in [0.29, 0.717) is 25.7 Å². The first-order chi connectivity index (χ1) is 12.0. The minimum atomic E-state index is -0.403. The van der Waals surface area contributed by atoms with Crippen LogP contribution in [0.15, 0.2) is 18.2 Å². The molecule has 1 amide bonds. The third-order valence-electron chi connectivity index (χ3n) is 5.22. The van der Waals surface area contributed by atoms with Crippen LogP contribution >= 0.6 is 11.6 Å². The van der Waals surface area contributed by atoms with Gasteiger partial charge in [-0.1, -0.05) is 11.6 Å². The third kappa shape index (κ3) is 4.63. The summed E-state index contributed by atoms with van der Waals surface area (Å²) in [5.41, 5.74) is 0.908. The quantitative estimate of drug-likeness (QED) is 0.879. The van der Waals surface area contributed by atoms with E-state index in [0.717, 1.165) is 44.7 Å². The van der Waals surface area contributed by atoms with Crippen LogP contribution in [-0.4, -0.2) is 74.6 Å². The molecular weight excluding hydrogens is 343 g/mol. The minimum Gasteiger partial charge on any atom is -0.368 e. The molecule has 2 fully saturated rings. The molecule has 1 N–H and O–H groups in total. The Kier molecular flexibility index (Phi) is 6.15. The topological polar surface area (TPSA) is 38.8 Å². The maximum atomic E-state index is 13.3. The van der Waals surface area contributed by atoms with Crippen LogP contribution < -0.4 is 10.2 Å². The second-order valence-corrected chi connectivity index (χ2v) is 7.27. The van der Waals surface area contributed by atoms with Crippen molar-refractivity contribution in [1.29, 1.82) is 0 Å². The number of piperidine rings is 1. The number of carbonyl (C=O) groups is 1. The smallest absolute Gasteiger partial charge is 0.236 e. The van der Waals surface area contributed by atoms with Crippen molar-refractivity contribution in [3.8, 4) is 0 Å². The van der Waals surface area contributed by atoms with Gasteiger partial charge >= 0.3 is 0 Å². The highest BCUT2D eigenvalue weighted by atomic mass is 35.5. The summed E-state index contributed by atoms with van der Waals surface area (Å²) in [5, 5.41) is 3.49. The van der Waals surface area contributed by atoms with E-state index in [-0.39, 0.29) is 10.9 Å². The molecule has 0 saturated carbocycles. The van der Waals surface area contributed by atoms with Crippen molar-refractivity contribution in [1.82, 2.24) is 15.1 Å². The Morgan fingerprint density at radius 3 is 2.60 bits per heavy atom. The summed E-state index contributed by atoms with van der Waals surface area (Å²) in [4.78, 5) is 18.8. The number of anilines is 1. The Morgan fingerprint density at radius 2 is 1.96 bits per heavy atom. The maximum Gasteiger partial charge on any atom is 0.236 e. The van der Waals surface area contributed by atoms with E-state index in [1.165, 1.54) is 6.07 Å². The number of rotatable bonds is 4. The molecule has 2 aliphatic rings. The zero-order valence-electron chi connectivity index (χ0n) is 14.7. The first kappa shape index (κ1) is 18.4. The number of benzene rings is 1. The van der Waals surface area contributed by atoms with Crippen molar-refractivity contribution in [2.24, 2.45) is 0 Å². The lowest BCUT2D eigenvalue weighted by molar-refractivity contribution is -0.133. The molecule has 3 rings (SSSR count). The number of halogens is 2. The zero-order valence-corrected chi connectivity index (χ0v) is 15.4. The highest BCUT2D eigenvalue weighted by Crippen LogP contribution is 2.23. The van der Waals surface area contributed by atoms with Crippen molar-refractivity contribution in [3.63, 3.8) is 0 Å². The molecule has 7 heteroatoms. The summed E-state index contributed by atoms with van der Waals surface area (Å²) in [6.45, 7) is 5.40. The van der Waals surface area contributed by atoms with Crippen LogP contribution in [-0.2, 0) is 4.79 Å². The van der Waals surface area contributed by atoms with Crippen LogP contribution in [0, 0.1) is 5.82 Å². The van der Waals surface area contributed by atoms with Crippen molar-refractivity contribution in [2.45, 2.75) is 18.9 Å². The number of likely N-dealkylation sites (N-methyl/N-ethyl adjacent to an activating group) is 1. The monoisotopic (exact) mass is 368 g/mol. The van der Waals surface area contributed by atoms with Gasteiger partial charge in [-0.05, 0) is 51.2 Å². The number of carbonyl (C=O) groups excluding carboxylic acids is 1. The molecule has 5 nitrogen and oxygen atoms in total. The third-order valence-corrected chi connectivity index (χ3v) is 5.51. The highest BCUT2D eigenvalue weighted by Gasteiger charge is 2.25. The lowest BCUT2D eigenvalue weighted by Gasteiger charge is -2.38. The first-order valence-corrected chi connectivity index (χ1v) is 9.31. The van der Waals surface area contributed by atoms with Crippen molar-refractivity contribution < 1.29 is 9.18 Å². The van der Waals surface area contributed by atoms with Crippen LogP contribution in [0.2, 0.25) is 5.02 Å². The van der Waals surface area contributed by atoms with E-state index in [9.17, 15) is 9.18 Å². The van der Waals surface area contributed by atoms with Gasteiger partial charge in [-0.25, -0.2) is 4.39 Å². The van der Waals surface area contributed by atoms with Gasteiger partial charge in [0.05, 0.1) is 11.6 Å². The van der Waals surface area contributed by atoms with Gasteiger partial charge in [0, 0.05) is 37.9 Å². The van der Waals surface area contributed by atoms with E-state index in [2.05, 4.69) is 15.1 Å². The van der Waals surface area contributed by atoms with E-state index in [1.807, 2.05) is 11.9 Å². The van der Waals surface area contributed by atoms with E-state index in [1.54, 1.807) is 12.1 Å². The van der Waals surface area contributed by atoms with Crippen LogP contribution in [0.25, 0.3) is 0 Å². The number of hydrogen-bond donors (Lipinski definition) is 1. The average Bonchev–Trinajstić information content (AvgIpc) is 2.65. The Labute approximate surface area is 153 Å². The van der Waals surface area contributed by atoms with E-state index < -0.39 is 5.82 Å². The van der Waals surface area contributed by atoms with Gasteiger partial charge in [0.15, 0.2) is 0 Å². The molecule has 138 valence electrons. The van der Waals surface area contributed by atoms with E-state index >= 15 is 0 Å². The predicted octanol–water partition coefficient (Wildman–Crippen LogP) is 1.81. The van der Waals surface area contributed by atoms with Crippen LogP contribution in [0.4, 0.5) is 10.1 Å². The van der Waals surface area contributed by atoms with Crippen molar-refractivity contribution in [3.05, 3.63) is 29.0 Å². The number of piperazine rings is 1.